The van der Waals surface area contributed by atoms with Gasteiger partial charge in [0.05, 0.1) is 13.2 Å². The number of rotatable bonds is 8. The molecule has 1 aliphatic rings. The largest absolute Gasteiger partial charge is 0.491 e. The molecule has 1 amide bonds. The summed E-state index contributed by atoms with van der Waals surface area (Å²) in [5.41, 5.74) is 3.20. The van der Waals surface area contributed by atoms with Crippen molar-refractivity contribution < 1.29 is 14.3 Å². The number of hydrogen-bond donors (Lipinski definition) is 1. The first kappa shape index (κ1) is 18.3. The number of ether oxygens (including phenoxy) is 2. The van der Waals surface area contributed by atoms with Crippen molar-refractivity contribution in [3.05, 3.63) is 54.1 Å². The lowest BCUT2D eigenvalue weighted by Crippen LogP contribution is -2.39. The average Bonchev–Trinajstić information content (AvgIpc) is 2.70. The third-order valence-corrected chi connectivity index (χ3v) is 4.41. The average molecular weight is 354 g/mol. The van der Waals surface area contributed by atoms with Gasteiger partial charge in [-0.15, -0.1) is 0 Å². The van der Waals surface area contributed by atoms with E-state index in [0.29, 0.717) is 19.8 Å². The molecule has 1 N–H and O–H groups in total. The molecule has 2 aromatic rings. The molecule has 0 saturated carbocycles. The van der Waals surface area contributed by atoms with Crippen LogP contribution >= 0.6 is 0 Å². The van der Waals surface area contributed by atoms with Crippen LogP contribution in [0.15, 0.2) is 48.5 Å². The Morgan fingerprint density at radius 2 is 1.92 bits per heavy atom. The zero-order valence-corrected chi connectivity index (χ0v) is 15.2. The summed E-state index contributed by atoms with van der Waals surface area (Å²) in [5, 5.41) is 3.20. The van der Waals surface area contributed by atoms with Crippen LogP contribution in [-0.4, -0.2) is 38.8 Å². The Morgan fingerprint density at radius 1 is 1.12 bits per heavy atom. The standard InChI is InChI=1S/C21H26N2O3/c1-2-25-14-15-26-19-11-9-18(10-12-19)22-16-21(24)23-13-5-7-17-6-3-4-8-20(17)23/h3-4,6,8-12,22H,2,5,7,13-16H2,1H3. The number of benzene rings is 2. The number of carbonyl (C=O) groups excluding carboxylic acids is 1. The SMILES string of the molecule is CCOCCOc1ccc(NCC(=O)N2CCCc3ccccc32)cc1. The highest BCUT2D eigenvalue weighted by molar-refractivity contribution is 5.97. The normalized spacial score (nSPS) is 13.2. The maximum Gasteiger partial charge on any atom is 0.246 e. The Bertz CT molecular complexity index is 715. The summed E-state index contributed by atoms with van der Waals surface area (Å²) >= 11 is 0. The van der Waals surface area contributed by atoms with Gasteiger partial charge in [-0.05, 0) is 55.7 Å². The van der Waals surface area contributed by atoms with E-state index in [9.17, 15) is 4.79 Å². The molecule has 1 heterocycles. The van der Waals surface area contributed by atoms with Crippen LogP contribution < -0.4 is 15.0 Å². The van der Waals surface area contributed by atoms with E-state index in [1.165, 1.54) is 5.56 Å². The van der Waals surface area contributed by atoms with Crippen LogP contribution in [0.3, 0.4) is 0 Å². The molecule has 1 aliphatic heterocycles. The minimum absolute atomic E-state index is 0.0918. The van der Waals surface area contributed by atoms with Crippen LogP contribution in [0, 0.1) is 0 Å². The quantitative estimate of drug-likeness (QED) is 0.737. The van der Waals surface area contributed by atoms with Gasteiger partial charge in [-0.25, -0.2) is 0 Å². The Kier molecular flexibility index (Phi) is 6.50. The van der Waals surface area contributed by atoms with E-state index >= 15 is 0 Å². The third-order valence-electron chi connectivity index (χ3n) is 4.41. The second-order valence-electron chi connectivity index (χ2n) is 6.20. The second kappa shape index (κ2) is 9.25. The van der Waals surface area contributed by atoms with Crippen molar-refractivity contribution in [2.75, 3.05) is 43.1 Å². The number of nitrogens with zero attached hydrogens (tertiary/aromatic N) is 1. The molecule has 0 bridgehead atoms. The molecule has 0 radical (unpaired) electrons. The second-order valence-corrected chi connectivity index (χ2v) is 6.20. The summed E-state index contributed by atoms with van der Waals surface area (Å²) in [6.07, 6.45) is 2.05. The Labute approximate surface area is 154 Å². The van der Waals surface area contributed by atoms with Gasteiger partial charge in [-0.1, -0.05) is 18.2 Å². The van der Waals surface area contributed by atoms with Crippen LogP contribution in [0.25, 0.3) is 0 Å². The fourth-order valence-electron chi connectivity index (χ4n) is 3.10. The van der Waals surface area contributed by atoms with Gasteiger partial charge in [0.25, 0.3) is 0 Å². The minimum Gasteiger partial charge on any atom is -0.491 e. The predicted molar refractivity (Wildman–Crippen MR) is 104 cm³/mol. The lowest BCUT2D eigenvalue weighted by atomic mass is 10.0. The Hall–Kier alpha value is -2.53. The number of fused-ring (bicyclic) bond motifs is 1. The zero-order chi connectivity index (χ0) is 18.2. The van der Waals surface area contributed by atoms with Crippen LogP contribution in [0.2, 0.25) is 0 Å². The van der Waals surface area contributed by atoms with Crippen molar-refractivity contribution in [3.63, 3.8) is 0 Å². The molecule has 0 aliphatic carbocycles. The van der Waals surface area contributed by atoms with E-state index in [1.54, 1.807) is 0 Å². The highest BCUT2D eigenvalue weighted by atomic mass is 16.5. The summed E-state index contributed by atoms with van der Waals surface area (Å²) in [6.45, 7) is 4.84. The highest BCUT2D eigenvalue weighted by Gasteiger charge is 2.21. The van der Waals surface area contributed by atoms with E-state index in [0.717, 1.165) is 36.5 Å². The van der Waals surface area contributed by atoms with Crippen molar-refractivity contribution in [2.45, 2.75) is 19.8 Å². The fraction of sp³-hybridized carbons (Fsp3) is 0.381. The molecule has 3 rings (SSSR count). The summed E-state index contributed by atoms with van der Waals surface area (Å²) in [5.74, 6) is 0.890. The van der Waals surface area contributed by atoms with Gasteiger partial charge in [0.2, 0.25) is 5.91 Å². The van der Waals surface area contributed by atoms with E-state index in [-0.39, 0.29) is 12.5 Å². The van der Waals surface area contributed by atoms with Crippen molar-refractivity contribution >= 4 is 17.3 Å². The molecule has 0 unspecified atom stereocenters. The molecule has 0 saturated heterocycles. The highest BCUT2D eigenvalue weighted by Crippen LogP contribution is 2.26. The molecule has 0 spiro atoms. The van der Waals surface area contributed by atoms with Crippen molar-refractivity contribution in [1.82, 2.24) is 0 Å². The van der Waals surface area contributed by atoms with Gasteiger partial charge < -0.3 is 19.7 Å². The predicted octanol–water partition coefficient (Wildman–Crippen LogP) is 3.49. The van der Waals surface area contributed by atoms with Gasteiger partial charge >= 0.3 is 0 Å². The first-order valence-electron chi connectivity index (χ1n) is 9.20. The molecule has 138 valence electrons. The summed E-state index contributed by atoms with van der Waals surface area (Å²) in [4.78, 5) is 14.5. The first-order valence-corrected chi connectivity index (χ1v) is 9.20. The molecule has 26 heavy (non-hydrogen) atoms. The van der Waals surface area contributed by atoms with Crippen molar-refractivity contribution in [2.24, 2.45) is 0 Å². The smallest absolute Gasteiger partial charge is 0.246 e. The van der Waals surface area contributed by atoms with Gasteiger partial charge in [0.1, 0.15) is 12.4 Å². The van der Waals surface area contributed by atoms with Crippen molar-refractivity contribution in [3.8, 4) is 5.75 Å². The van der Waals surface area contributed by atoms with Crippen molar-refractivity contribution in [1.29, 1.82) is 0 Å². The summed E-state index contributed by atoms with van der Waals surface area (Å²) in [7, 11) is 0. The number of para-hydroxylation sites is 1. The van der Waals surface area contributed by atoms with E-state index in [2.05, 4.69) is 11.4 Å². The third kappa shape index (κ3) is 4.76. The monoisotopic (exact) mass is 354 g/mol. The number of hydrogen-bond acceptors (Lipinski definition) is 4. The Morgan fingerprint density at radius 3 is 2.73 bits per heavy atom. The van der Waals surface area contributed by atoms with Crippen LogP contribution in [0.1, 0.15) is 18.9 Å². The van der Waals surface area contributed by atoms with Gasteiger partial charge in [-0.3, -0.25) is 4.79 Å². The zero-order valence-electron chi connectivity index (χ0n) is 15.2. The van der Waals surface area contributed by atoms with Gasteiger partial charge in [0.15, 0.2) is 0 Å². The summed E-state index contributed by atoms with van der Waals surface area (Å²) < 4.78 is 10.8. The van der Waals surface area contributed by atoms with Crippen LogP contribution in [0.5, 0.6) is 5.75 Å². The molecule has 0 atom stereocenters. The molecule has 5 nitrogen and oxygen atoms in total. The van der Waals surface area contributed by atoms with Crippen LogP contribution in [-0.2, 0) is 16.0 Å². The fourth-order valence-corrected chi connectivity index (χ4v) is 3.10. The summed E-state index contributed by atoms with van der Waals surface area (Å²) in [6, 6.07) is 15.8. The Balaban J connectivity index is 1.50. The molecular formula is C21H26N2O3. The van der Waals surface area contributed by atoms with E-state index in [1.807, 2.05) is 54.3 Å². The molecular weight excluding hydrogens is 328 g/mol. The van der Waals surface area contributed by atoms with Crippen LogP contribution in [0.4, 0.5) is 11.4 Å². The van der Waals surface area contributed by atoms with E-state index < -0.39 is 0 Å². The molecule has 2 aromatic carbocycles. The van der Waals surface area contributed by atoms with Gasteiger partial charge in [0, 0.05) is 24.5 Å². The maximum atomic E-state index is 12.6. The van der Waals surface area contributed by atoms with Gasteiger partial charge in [-0.2, -0.15) is 0 Å². The van der Waals surface area contributed by atoms with E-state index in [4.69, 9.17) is 9.47 Å². The molecule has 0 aromatic heterocycles. The molecule has 0 fully saturated rings. The number of nitrogens with one attached hydrogen (secondary N) is 1. The number of anilines is 2. The number of aryl methyl sites for hydroxylation is 1. The first-order chi connectivity index (χ1) is 12.8. The topological polar surface area (TPSA) is 50.8 Å². The minimum atomic E-state index is 0.0918. The number of amides is 1. The lowest BCUT2D eigenvalue weighted by Gasteiger charge is -2.29. The number of carbonyl (C=O) groups is 1. The maximum absolute atomic E-state index is 12.6. The molecule has 5 heteroatoms. The lowest BCUT2D eigenvalue weighted by molar-refractivity contribution is -0.117.